The molecule has 1 aliphatic heterocycles. The smallest absolute Gasteiger partial charge is 0.409 e. The van der Waals surface area contributed by atoms with Crippen LogP contribution in [-0.2, 0) is 9.59 Å². The Morgan fingerprint density at radius 1 is 1.29 bits per heavy atom. The molecule has 0 radical (unpaired) electrons. The Morgan fingerprint density at radius 2 is 2.00 bits per heavy atom. The third-order valence-electron chi connectivity index (χ3n) is 4.02. The van der Waals surface area contributed by atoms with Crippen LogP contribution >= 0.6 is 27.5 Å². The number of halogens is 5. The third-order valence-corrected chi connectivity index (χ3v) is 4.87. The van der Waals surface area contributed by atoms with Gasteiger partial charge in [0.2, 0.25) is 5.91 Å². The van der Waals surface area contributed by atoms with E-state index in [0.29, 0.717) is 14.4 Å². The van der Waals surface area contributed by atoms with Crippen molar-refractivity contribution in [3.05, 3.63) is 52.0 Å². The van der Waals surface area contributed by atoms with E-state index in [0.717, 1.165) is 0 Å². The van der Waals surface area contributed by atoms with Gasteiger partial charge in [-0.25, -0.2) is 0 Å². The SMILES string of the molecule is O=C1CC(C(F)(F)F)N(C(=O)COc2ccc(Cl)cc2Br)c2ccccc2N1. The number of ether oxygens (including phenoxy) is 1. The minimum absolute atomic E-state index is 0.0422. The number of hydrogen-bond donors (Lipinski definition) is 1. The van der Waals surface area contributed by atoms with Crippen LogP contribution in [0.2, 0.25) is 5.02 Å². The molecule has 1 N–H and O–H groups in total. The second kappa shape index (κ2) is 8.00. The van der Waals surface area contributed by atoms with E-state index >= 15 is 0 Å². The molecule has 0 fully saturated rings. The number of hydrogen-bond acceptors (Lipinski definition) is 3. The zero-order chi connectivity index (χ0) is 20.5. The number of rotatable bonds is 3. The van der Waals surface area contributed by atoms with Gasteiger partial charge in [0.15, 0.2) is 6.61 Å². The van der Waals surface area contributed by atoms with Gasteiger partial charge in [0, 0.05) is 5.02 Å². The quantitative estimate of drug-likeness (QED) is 0.692. The maximum absolute atomic E-state index is 13.6. The highest BCUT2D eigenvalue weighted by molar-refractivity contribution is 9.10. The maximum Gasteiger partial charge on any atom is 0.409 e. The minimum Gasteiger partial charge on any atom is -0.483 e. The number of amides is 2. The standard InChI is InChI=1S/C18H13BrClF3N2O3/c19-11-7-10(20)5-6-14(11)28-9-17(27)25-13-4-2-1-3-12(13)24-16(26)8-15(25)18(21,22)23/h1-7,15H,8-9H2,(H,24,26). The fourth-order valence-electron chi connectivity index (χ4n) is 2.80. The summed E-state index contributed by atoms with van der Waals surface area (Å²) in [7, 11) is 0. The Morgan fingerprint density at radius 3 is 2.68 bits per heavy atom. The number of nitrogens with one attached hydrogen (secondary N) is 1. The normalized spacial score (nSPS) is 16.8. The average Bonchev–Trinajstić information content (AvgIpc) is 2.76. The summed E-state index contributed by atoms with van der Waals surface area (Å²) >= 11 is 9.05. The highest BCUT2D eigenvalue weighted by Crippen LogP contribution is 2.38. The molecular formula is C18H13BrClF3N2O3. The summed E-state index contributed by atoms with van der Waals surface area (Å²) in [6.45, 7) is -0.657. The fraction of sp³-hybridized carbons (Fsp3) is 0.222. The van der Waals surface area contributed by atoms with Gasteiger partial charge in [0.25, 0.3) is 5.91 Å². The fourth-order valence-corrected chi connectivity index (χ4v) is 3.59. The zero-order valence-corrected chi connectivity index (χ0v) is 16.4. The number of anilines is 2. The van der Waals surface area contributed by atoms with Crippen LogP contribution in [-0.4, -0.2) is 30.6 Å². The van der Waals surface area contributed by atoms with Crippen LogP contribution in [0.15, 0.2) is 46.9 Å². The van der Waals surface area contributed by atoms with E-state index in [1.165, 1.54) is 36.4 Å². The predicted molar refractivity (Wildman–Crippen MR) is 102 cm³/mol. The Kier molecular flexibility index (Phi) is 5.85. The van der Waals surface area contributed by atoms with Gasteiger partial charge in [0.1, 0.15) is 11.8 Å². The van der Waals surface area contributed by atoms with Gasteiger partial charge in [-0.2, -0.15) is 13.2 Å². The van der Waals surface area contributed by atoms with Gasteiger partial charge in [-0.05, 0) is 46.3 Å². The molecule has 1 heterocycles. The number of carbonyl (C=O) groups excluding carboxylic acids is 2. The van der Waals surface area contributed by atoms with Crippen molar-refractivity contribution < 1.29 is 27.5 Å². The first-order valence-electron chi connectivity index (χ1n) is 8.02. The van der Waals surface area contributed by atoms with Crippen molar-refractivity contribution in [1.82, 2.24) is 0 Å². The summed E-state index contributed by atoms with van der Waals surface area (Å²) in [6, 6.07) is 8.05. The molecule has 10 heteroatoms. The molecule has 0 bridgehead atoms. The van der Waals surface area contributed by atoms with Gasteiger partial charge in [-0.3, -0.25) is 14.5 Å². The zero-order valence-electron chi connectivity index (χ0n) is 14.1. The monoisotopic (exact) mass is 476 g/mol. The molecule has 0 spiro atoms. The number of para-hydroxylation sites is 2. The van der Waals surface area contributed by atoms with Crippen LogP contribution < -0.4 is 15.0 Å². The Labute approximate surface area is 171 Å². The van der Waals surface area contributed by atoms with Gasteiger partial charge >= 0.3 is 6.18 Å². The summed E-state index contributed by atoms with van der Waals surface area (Å²) in [5.74, 6) is -1.52. The Hall–Kier alpha value is -2.26. The summed E-state index contributed by atoms with van der Waals surface area (Å²) < 4.78 is 46.7. The van der Waals surface area contributed by atoms with Crippen molar-refractivity contribution in [2.75, 3.05) is 16.8 Å². The molecule has 2 amide bonds. The molecule has 0 aromatic heterocycles. The van der Waals surface area contributed by atoms with E-state index < -0.39 is 37.1 Å². The summed E-state index contributed by atoms with van der Waals surface area (Å²) in [6.07, 6.45) is -5.71. The van der Waals surface area contributed by atoms with Crippen molar-refractivity contribution in [2.24, 2.45) is 0 Å². The molecule has 1 unspecified atom stereocenters. The number of fused-ring (bicyclic) bond motifs is 1. The van der Waals surface area contributed by atoms with E-state index in [9.17, 15) is 22.8 Å². The lowest BCUT2D eigenvalue weighted by atomic mass is 10.1. The highest BCUT2D eigenvalue weighted by atomic mass is 79.9. The summed E-state index contributed by atoms with van der Waals surface area (Å²) in [4.78, 5) is 25.2. The minimum atomic E-state index is -4.80. The first kappa shape index (κ1) is 20.5. The van der Waals surface area contributed by atoms with E-state index in [1.54, 1.807) is 6.07 Å². The molecule has 148 valence electrons. The third kappa shape index (κ3) is 4.41. The molecule has 2 aromatic carbocycles. The first-order chi connectivity index (χ1) is 13.2. The van der Waals surface area contributed by atoms with Crippen LogP contribution in [0.4, 0.5) is 24.5 Å². The van der Waals surface area contributed by atoms with Gasteiger partial charge in [-0.1, -0.05) is 23.7 Å². The number of carbonyl (C=O) groups is 2. The van der Waals surface area contributed by atoms with Crippen molar-refractivity contribution in [3.8, 4) is 5.75 Å². The molecule has 2 aromatic rings. The lowest BCUT2D eigenvalue weighted by molar-refractivity contribution is -0.158. The number of benzene rings is 2. The lowest BCUT2D eigenvalue weighted by Gasteiger charge is -2.31. The average molecular weight is 478 g/mol. The van der Waals surface area contributed by atoms with Gasteiger partial charge in [-0.15, -0.1) is 0 Å². The topological polar surface area (TPSA) is 58.6 Å². The molecule has 0 saturated heterocycles. The molecule has 0 saturated carbocycles. The van der Waals surface area contributed by atoms with E-state index in [4.69, 9.17) is 16.3 Å². The second-order valence-electron chi connectivity index (χ2n) is 5.95. The number of alkyl halides is 3. The second-order valence-corrected chi connectivity index (χ2v) is 7.24. The van der Waals surface area contributed by atoms with Crippen LogP contribution in [0.5, 0.6) is 5.75 Å². The van der Waals surface area contributed by atoms with Gasteiger partial charge in [0.05, 0.1) is 22.3 Å². The summed E-state index contributed by atoms with van der Waals surface area (Å²) in [5.41, 5.74) is 0.0831. The molecule has 1 aliphatic rings. The first-order valence-corrected chi connectivity index (χ1v) is 9.19. The van der Waals surface area contributed by atoms with E-state index in [2.05, 4.69) is 21.2 Å². The van der Waals surface area contributed by atoms with Crippen LogP contribution in [0.25, 0.3) is 0 Å². The molecule has 0 aliphatic carbocycles. The van der Waals surface area contributed by atoms with E-state index in [1.807, 2.05) is 0 Å². The number of nitrogens with zero attached hydrogens (tertiary/aromatic N) is 1. The van der Waals surface area contributed by atoms with E-state index in [-0.39, 0.29) is 17.1 Å². The molecule has 1 atom stereocenters. The lowest BCUT2D eigenvalue weighted by Crippen LogP contribution is -2.51. The van der Waals surface area contributed by atoms with Crippen LogP contribution in [0.1, 0.15) is 6.42 Å². The molecule has 3 rings (SSSR count). The predicted octanol–water partition coefficient (Wildman–Crippen LogP) is 4.79. The maximum atomic E-state index is 13.6. The van der Waals surface area contributed by atoms with Crippen LogP contribution in [0.3, 0.4) is 0 Å². The van der Waals surface area contributed by atoms with Crippen molar-refractivity contribution in [2.45, 2.75) is 18.6 Å². The van der Waals surface area contributed by atoms with Gasteiger partial charge < -0.3 is 10.1 Å². The molecule has 5 nitrogen and oxygen atoms in total. The highest BCUT2D eigenvalue weighted by Gasteiger charge is 2.49. The molecular weight excluding hydrogens is 465 g/mol. The van der Waals surface area contributed by atoms with Crippen LogP contribution in [0, 0.1) is 0 Å². The Bertz CT molecular complexity index is 923. The summed E-state index contributed by atoms with van der Waals surface area (Å²) in [5, 5.41) is 2.83. The van der Waals surface area contributed by atoms with Crippen molar-refractivity contribution in [3.63, 3.8) is 0 Å². The van der Waals surface area contributed by atoms with Crippen molar-refractivity contribution >= 4 is 50.7 Å². The Balaban J connectivity index is 1.92. The largest absolute Gasteiger partial charge is 0.483 e. The van der Waals surface area contributed by atoms with Crippen molar-refractivity contribution in [1.29, 1.82) is 0 Å². The molecule has 28 heavy (non-hydrogen) atoms.